The van der Waals surface area contributed by atoms with E-state index in [9.17, 15) is 14.4 Å². The number of amides is 4. The molecule has 2 fully saturated rings. The van der Waals surface area contributed by atoms with E-state index in [-0.39, 0.29) is 17.9 Å². The molecule has 1 saturated heterocycles. The Labute approximate surface area is 187 Å². The molecule has 2 atom stereocenters. The lowest BCUT2D eigenvalue weighted by atomic mass is 9.64. The second kappa shape index (κ2) is 7.72. The number of carbonyl (C=O) groups excluding carboxylic acids is 3. The SMILES string of the molecule is Cc1cc(C)n(-c2ccc(NC(=O)CN3C(=O)NC4(CC(C)CC(C)(C)C4)C3=O)cn2)n1. The molecule has 2 aliphatic rings. The third-order valence-corrected chi connectivity index (χ3v) is 6.18. The molecule has 1 saturated carbocycles. The molecule has 4 amide bonds. The van der Waals surface area contributed by atoms with Crippen molar-refractivity contribution < 1.29 is 14.4 Å². The first-order valence-electron chi connectivity index (χ1n) is 10.9. The highest BCUT2D eigenvalue weighted by Crippen LogP contribution is 2.46. The van der Waals surface area contributed by atoms with Crippen LogP contribution in [0, 0.1) is 25.2 Å². The number of pyridine rings is 1. The lowest BCUT2D eigenvalue weighted by Gasteiger charge is -2.43. The summed E-state index contributed by atoms with van der Waals surface area (Å²) in [5.41, 5.74) is 1.36. The van der Waals surface area contributed by atoms with Crippen LogP contribution in [0.5, 0.6) is 0 Å². The van der Waals surface area contributed by atoms with Crippen LogP contribution in [0.4, 0.5) is 10.5 Å². The predicted octanol–water partition coefficient (Wildman–Crippen LogP) is 2.96. The number of hydrogen-bond acceptors (Lipinski definition) is 5. The number of anilines is 1. The third kappa shape index (κ3) is 4.11. The highest BCUT2D eigenvalue weighted by Gasteiger charge is 2.56. The van der Waals surface area contributed by atoms with Gasteiger partial charge in [0.05, 0.1) is 17.6 Å². The number of hydrogen-bond donors (Lipinski definition) is 2. The average Bonchev–Trinajstić information content (AvgIpc) is 3.11. The second-order valence-corrected chi connectivity index (χ2v) is 10.1. The zero-order valence-electron chi connectivity index (χ0n) is 19.2. The van der Waals surface area contributed by atoms with E-state index in [0.717, 1.165) is 22.7 Å². The average molecular weight is 439 g/mol. The Bertz CT molecular complexity index is 1070. The smallest absolute Gasteiger partial charge is 0.323 e. The minimum atomic E-state index is -0.915. The van der Waals surface area contributed by atoms with Crippen LogP contribution < -0.4 is 10.6 Å². The highest BCUT2D eigenvalue weighted by atomic mass is 16.2. The summed E-state index contributed by atoms with van der Waals surface area (Å²) in [5, 5.41) is 10.0. The Hall–Kier alpha value is -3.23. The number of carbonyl (C=O) groups is 3. The monoisotopic (exact) mass is 438 g/mol. The summed E-state index contributed by atoms with van der Waals surface area (Å²) in [5.74, 6) is 0.187. The van der Waals surface area contributed by atoms with Crippen LogP contribution in [0.15, 0.2) is 24.4 Å². The number of imide groups is 1. The van der Waals surface area contributed by atoms with Gasteiger partial charge in [-0.3, -0.25) is 14.5 Å². The molecule has 2 unspecified atom stereocenters. The van der Waals surface area contributed by atoms with Crippen LogP contribution in [0.3, 0.4) is 0 Å². The van der Waals surface area contributed by atoms with Gasteiger partial charge in [-0.1, -0.05) is 20.8 Å². The number of nitrogens with zero attached hydrogens (tertiary/aromatic N) is 4. The molecule has 1 aliphatic heterocycles. The van der Waals surface area contributed by atoms with Gasteiger partial charge in [-0.2, -0.15) is 5.10 Å². The van der Waals surface area contributed by atoms with Crippen LogP contribution in [0.1, 0.15) is 51.4 Å². The van der Waals surface area contributed by atoms with Crippen molar-refractivity contribution in [2.45, 2.75) is 59.4 Å². The molecule has 1 spiro atoms. The molecule has 170 valence electrons. The van der Waals surface area contributed by atoms with Gasteiger partial charge < -0.3 is 10.6 Å². The topological polar surface area (TPSA) is 109 Å². The Morgan fingerprint density at radius 2 is 2.00 bits per heavy atom. The van der Waals surface area contributed by atoms with Crippen molar-refractivity contribution in [2.24, 2.45) is 11.3 Å². The van der Waals surface area contributed by atoms with Crippen molar-refractivity contribution in [3.63, 3.8) is 0 Å². The molecule has 1 aliphatic carbocycles. The molecule has 9 heteroatoms. The van der Waals surface area contributed by atoms with E-state index in [1.807, 2.05) is 19.9 Å². The molecule has 2 N–H and O–H groups in total. The van der Waals surface area contributed by atoms with E-state index in [2.05, 4.69) is 41.5 Å². The number of rotatable bonds is 4. The zero-order valence-corrected chi connectivity index (χ0v) is 19.2. The van der Waals surface area contributed by atoms with Crippen molar-refractivity contribution >= 4 is 23.5 Å². The first-order valence-corrected chi connectivity index (χ1v) is 10.9. The van der Waals surface area contributed by atoms with Crippen molar-refractivity contribution in [3.05, 3.63) is 35.8 Å². The van der Waals surface area contributed by atoms with E-state index in [1.54, 1.807) is 16.8 Å². The molecule has 32 heavy (non-hydrogen) atoms. The summed E-state index contributed by atoms with van der Waals surface area (Å²) in [4.78, 5) is 43.8. The van der Waals surface area contributed by atoms with Gasteiger partial charge in [0.15, 0.2) is 5.82 Å². The Morgan fingerprint density at radius 3 is 2.59 bits per heavy atom. The van der Waals surface area contributed by atoms with E-state index in [4.69, 9.17) is 0 Å². The van der Waals surface area contributed by atoms with E-state index in [1.165, 1.54) is 6.20 Å². The molecule has 2 aromatic heterocycles. The van der Waals surface area contributed by atoms with Gasteiger partial charge in [0, 0.05) is 5.69 Å². The second-order valence-electron chi connectivity index (χ2n) is 10.1. The molecular formula is C23H30N6O3. The maximum atomic E-state index is 13.2. The summed E-state index contributed by atoms with van der Waals surface area (Å²) in [6.07, 6.45) is 3.70. The van der Waals surface area contributed by atoms with Gasteiger partial charge in [-0.25, -0.2) is 14.5 Å². The quantitative estimate of drug-likeness (QED) is 0.714. The number of aromatic nitrogens is 3. The molecular weight excluding hydrogens is 408 g/mol. The summed E-state index contributed by atoms with van der Waals surface area (Å²) < 4.78 is 1.72. The molecule has 3 heterocycles. The molecule has 9 nitrogen and oxygen atoms in total. The maximum Gasteiger partial charge on any atom is 0.325 e. The Balaban J connectivity index is 1.42. The standard InChI is InChI=1S/C23H30N6O3/c1-14-9-22(4,5)13-23(10-14)20(31)28(21(32)26-23)12-19(30)25-17-6-7-18(24-11-17)29-16(3)8-15(2)27-29/h6-8,11,14H,9-10,12-13H2,1-5H3,(H,25,30)(H,26,32). The fraction of sp³-hybridized carbons (Fsp3) is 0.522. The lowest BCUT2D eigenvalue weighted by molar-refractivity contribution is -0.136. The van der Waals surface area contributed by atoms with Crippen molar-refractivity contribution in [1.82, 2.24) is 25.0 Å². The molecule has 0 bridgehead atoms. The van der Waals surface area contributed by atoms with Crippen molar-refractivity contribution in [2.75, 3.05) is 11.9 Å². The van der Waals surface area contributed by atoms with Crippen LogP contribution in [-0.4, -0.2) is 49.6 Å². The van der Waals surface area contributed by atoms with Gasteiger partial charge in [0.2, 0.25) is 5.91 Å². The van der Waals surface area contributed by atoms with Gasteiger partial charge in [0.1, 0.15) is 12.1 Å². The fourth-order valence-electron chi connectivity index (χ4n) is 5.44. The minimum Gasteiger partial charge on any atom is -0.323 e. The number of urea groups is 1. The van der Waals surface area contributed by atoms with Gasteiger partial charge in [0.25, 0.3) is 5.91 Å². The normalized spacial score (nSPS) is 24.7. The maximum absolute atomic E-state index is 13.2. The fourth-order valence-corrected chi connectivity index (χ4v) is 5.44. The van der Waals surface area contributed by atoms with Crippen molar-refractivity contribution in [3.8, 4) is 5.82 Å². The molecule has 0 aromatic carbocycles. The number of aryl methyl sites for hydroxylation is 2. The van der Waals surface area contributed by atoms with Crippen molar-refractivity contribution in [1.29, 1.82) is 0 Å². The van der Waals surface area contributed by atoms with Crippen LogP contribution in [-0.2, 0) is 9.59 Å². The summed E-state index contributed by atoms with van der Waals surface area (Å²) in [6.45, 7) is 9.84. The lowest BCUT2D eigenvalue weighted by Crippen LogP contribution is -2.54. The highest BCUT2D eigenvalue weighted by molar-refractivity contribution is 6.10. The summed E-state index contributed by atoms with van der Waals surface area (Å²) in [6, 6.07) is 4.92. The van der Waals surface area contributed by atoms with E-state index < -0.39 is 17.5 Å². The van der Waals surface area contributed by atoms with Crippen LogP contribution >= 0.6 is 0 Å². The first kappa shape index (κ1) is 22.0. The summed E-state index contributed by atoms with van der Waals surface area (Å²) in [7, 11) is 0. The third-order valence-electron chi connectivity index (χ3n) is 6.18. The van der Waals surface area contributed by atoms with Gasteiger partial charge in [-0.15, -0.1) is 0 Å². The predicted molar refractivity (Wildman–Crippen MR) is 119 cm³/mol. The minimum absolute atomic E-state index is 0.0578. The molecule has 2 aromatic rings. The Kier molecular flexibility index (Phi) is 5.30. The molecule has 0 radical (unpaired) electrons. The number of nitrogens with one attached hydrogen (secondary N) is 2. The molecule has 4 rings (SSSR count). The van der Waals surface area contributed by atoms with Gasteiger partial charge >= 0.3 is 6.03 Å². The largest absolute Gasteiger partial charge is 0.325 e. The van der Waals surface area contributed by atoms with E-state index >= 15 is 0 Å². The van der Waals surface area contributed by atoms with Gasteiger partial charge in [-0.05, 0) is 62.6 Å². The zero-order chi connectivity index (χ0) is 23.3. The van der Waals surface area contributed by atoms with Crippen LogP contribution in [0.2, 0.25) is 0 Å². The van der Waals surface area contributed by atoms with Crippen LogP contribution in [0.25, 0.3) is 5.82 Å². The first-order chi connectivity index (χ1) is 15.0. The van der Waals surface area contributed by atoms with E-state index in [0.29, 0.717) is 30.3 Å². The summed E-state index contributed by atoms with van der Waals surface area (Å²) >= 11 is 0. The Morgan fingerprint density at radius 1 is 1.25 bits per heavy atom.